The van der Waals surface area contributed by atoms with Crippen molar-refractivity contribution < 1.29 is 19.1 Å². The summed E-state index contributed by atoms with van der Waals surface area (Å²) in [5, 5.41) is 7.59. The Morgan fingerprint density at radius 2 is 1.66 bits per heavy atom. The molecule has 0 aliphatic heterocycles. The highest BCUT2D eigenvalue weighted by molar-refractivity contribution is 6.09. The number of ether oxygens (including phenoxy) is 2. The Morgan fingerprint density at radius 3 is 2.38 bits per heavy atom. The summed E-state index contributed by atoms with van der Waals surface area (Å²) in [6.07, 6.45) is 2.02. The molecule has 1 aliphatic carbocycles. The fourth-order valence-corrected chi connectivity index (χ4v) is 3.09. The first-order valence-corrected chi connectivity index (χ1v) is 9.53. The van der Waals surface area contributed by atoms with Gasteiger partial charge in [0.2, 0.25) is 0 Å². The maximum absolute atomic E-state index is 13.0. The second kappa shape index (κ2) is 8.22. The molecule has 0 spiro atoms. The van der Waals surface area contributed by atoms with Crippen molar-refractivity contribution in [1.29, 1.82) is 0 Å². The summed E-state index contributed by atoms with van der Waals surface area (Å²) in [6.45, 7) is -0.135. The predicted molar refractivity (Wildman–Crippen MR) is 112 cm³/mol. The van der Waals surface area contributed by atoms with E-state index in [4.69, 9.17) is 9.47 Å². The van der Waals surface area contributed by atoms with Gasteiger partial charge in [-0.15, -0.1) is 0 Å². The quantitative estimate of drug-likeness (QED) is 0.644. The number of methoxy groups -OCH3 is 1. The molecule has 6 heteroatoms. The summed E-state index contributed by atoms with van der Waals surface area (Å²) in [7, 11) is 1.55. The molecule has 29 heavy (non-hydrogen) atoms. The third-order valence-corrected chi connectivity index (χ3v) is 4.75. The molecule has 0 unspecified atom stereocenters. The number of hydrogen-bond acceptors (Lipinski definition) is 4. The van der Waals surface area contributed by atoms with E-state index in [1.54, 1.807) is 31.4 Å². The molecule has 1 fully saturated rings. The molecule has 1 aliphatic rings. The highest BCUT2D eigenvalue weighted by atomic mass is 16.5. The Kier molecular flexibility index (Phi) is 5.33. The first-order chi connectivity index (χ1) is 14.1. The van der Waals surface area contributed by atoms with Crippen LogP contribution in [0.15, 0.2) is 60.7 Å². The van der Waals surface area contributed by atoms with E-state index < -0.39 is 0 Å². The van der Waals surface area contributed by atoms with Crippen molar-refractivity contribution in [2.24, 2.45) is 0 Å². The number of hydrogen-bond donors (Lipinski definition) is 2. The summed E-state index contributed by atoms with van der Waals surface area (Å²) >= 11 is 0. The monoisotopic (exact) mass is 390 g/mol. The topological polar surface area (TPSA) is 76.7 Å². The third-order valence-electron chi connectivity index (χ3n) is 4.75. The standard InChI is InChI=1S/C23H22N2O4/c1-28-20-9-5-4-8-19(20)25-23(27)18-12-15-6-2-3-7-16(15)13-21(18)29-14-22(26)24-17-10-11-17/h2-9,12-13,17H,10-11,14H2,1H3,(H,24,26)(H,25,27). The summed E-state index contributed by atoms with van der Waals surface area (Å²) in [4.78, 5) is 25.1. The Morgan fingerprint density at radius 1 is 0.966 bits per heavy atom. The summed E-state index contributed by atoms with van der Waals surface area (Å²) in [5.74, 6) is 0.407. The number of rotatable bonds is 7. The average molecular weight is 390 g/mol. The van der Waals surface area contributed by atoms with Gasteiger partial charge in [0.15, 0.2) is 6.61 Å². The van der Waals surface area contributed by atoms with Gasteiger partial charge in [0.25, 0.3) is 11.8 Å². The van der Waals surface area contributed by atoms with Gasteiger partial charge in [-0.25, -0.2) is 0 Å². The van der Waals surface area contributed by atoms with Crippen LogP contribution in [-0.2, 0) is 4.79 Å². The predicted octanol–water partition coefficient (Wildman–Crippen LogP) is 3.76. The molecule has 0 aromatic heterocycles. The molecule has 0 radical (unpaired) electrons. The Bertz CT molecular complexity index is 1060. The maximum atomic E-state index is 13.0. The molecule has 4 rings (SSSR count). The van der Waals surface area contributed by atoms with E-state index in [9.17, 15) is 9.59 Å². The summed E-state index contributed by atoms with van der Waals surface area (Å²) in [6, 6.07) is 18.7. The van der Waals surface area contributed by atoms with Crippen molar-refractivity contribution in [2.75, 3.05) is 19.0 Å². The number of carbonyl (C=O) groups excluding carboxylic acids is 2. The molecule has 3 aromatic rings. The van der Waals surface area contributed by atoms with E-state index in [0.717, 1.165) is 23.6 Å². The molecule has 0 atom stereocenters. The number of amides is 2. The number of carbonyl (C=O) groups is 2. The van der Waals surface area contributed by atoms with E-state index in [1.165, 1.54) is 0 Å². The smallest absolute Gasteiger partial charge is 0.259 e. The van der Waals surface area contributed by atoms with Crippen LogP contribution in [-0.4, -0.2) is 31.6 Å². The lowest BCUT2D eigenvalue weighted by atomic mass is 10.1. The largest absolute Gasteiger partial charge is 0.495 e. The van der Waals surface area contributed by atoms with Crippen LogP contribution in [0.25, 0.3) is 10.8 Å². The van der Waals surface area contributed by atoms with Crippen molar-refractivity contribution in [2.45, 2.75) is 18.9 Å². The van der Waals surface area contributed by atoms with Gasteiger partial charge in [-0.3, -0.25) is 9.59 Å². The molecule has 2 N–H and O–H groups in total. The zero-order valence-electron chi connectivity index (χ0n) is 16.1. The van der Waals surface area contributed by atoms with Crippen molar-refractivity contribution in [3.8, 4) is 11.5 Å². The second-order valence-corrected chi connectivity index (χ2v) is 6.98. The average Bonchev–Trinajstić information content (AvgIpc) is 3.55. The highest BCUT2D eigenvalue weighted by Crippen LogP contribution is 2.29. The molecular formula is C23H22N2O4. The summed E-state index contributed by atoms with van der Waals surface area (Å²) < 4.78 is 11.1. The Balaban J connectivity index is 1.61. The van der Waals surface area contributed by atoms with Crippen LogP contribution in [0.4, 0.5) is 5.69 Å². The van der Waals surface area contributed by atoms with Crippen LogP contribution < -0.4 is 20.1 Å². The number of para-hydroxylation sites is 2. The van der Waals surface area contributed by atoms with Crippen LogP contribution in [0.2, 0.25) is 0 Å². The zero-order valence-corrected chi connectivity index (χ0v) is 16.1. The van der Waals surface area contributed by atoms with E-state index >= 15 is 0 Å². The van der Waals surface area contributed by atoms with Gasteiger partial charge in [0, 0.05) is 6.04 Å². The lowest BCUT2D eigenvalue weighted by Gasteiger charge is -2.14. The van der Waals surface area contributed by atoms with Crippen molar-refractivity contribution in [1.82, 2.24) is 5.32 Å². The third kappa shape index (κ3) is 4.48. The molecule has 1 saturated carbocycles. The lowest BCUT2D eigenvalue weighted by molar-refractivity contribution is -0.123. The van der Waals surface area contributed by atoms with Crippen LogP contribution in [0.3, 0.4) is 0 Å². The van der Waals surface area contributed by atoms with Crippen molar-refractivity contribution in [3.63, 3.8) is 0 Å². The minimum Gasteiger partial charge on any atom is -0.495 e. The van der Waals surface area contributed by atoms with Crippen LogP contribution >= 0.6 is 0 Å². The minimum absolute atomic E-state index is 0.135. The molecule has 2 amide bonds. The van der Waals surface area contributed by atoms with Gasteiger partial charge in [-0.1, -0.05) is 36.4 Å². The maximum Gasteiger partial charge on any atom is 0.259 e. The van der Waals surface area contributed by atoms with Crippen LogP contribution in [0.5, 0.6) is 11.5 Å². The normalized spacial score (nSPS) is 13.0. The Hall–Kier alpha value is -3.54. The van der Waals surface area contributed by atoms with E-state index in [1.807, 2.05) is 36.4 Å². The molecule has 148 valence electrons. The van der Waals surface area contributed by atoms with E-state index in [0.29, 0.717) is 22.7 Å². The van der Waals surface area contributed by atoms with Crippen LogP contribution in [0.1, 0.15) is 23.2 Å². The highest BCUT2D eigenvalue weighted by Gasteiger charge is 2.24. The van der Waals surface area contributed by atoms with Crippen molar-refractivity contribution in [3.05, 3.63) is 66.2 Å². The number of fused-ring (bicyclic) bond motifs is 1. The number of nitrogens with one attached hydrogen (secondary N) is 2. The van der Waals surface area contributed by atoms with E-state index in [-0.39, 0.29) is 24.5 Å². The van der Waals surface area contributed by atoms with E-state index in [2.05, 4.69) is 10.6 Å². The molecular weight excluding hydrogens is 368 g/mol. The fraction of sp³-hybridized carbons (Fsp3) is 0.217. The SMILES string of the molecule is COc1ccccc1NC(=O)c1cc2ccccc2cc1OCC(=O)NC1CC1. The van der Waals surface area contributed by atoms with Gasteiger partial charge in [0.05, 0.1) is 18.4 Å². The van der Waals surface area contributed by atoms with Gasteiger partial charge in [-0.2, -0.15) is 0 Å². The Labute approximate surface area is 168 Å². The zero-order chi connectivity index (χ0) is 20.2. The molecule has 0 heterocycles. The van der Waals surface area contributed by atoms with Crippen molar-refractivity contribution >= 4 is 28.3 Å². The first kappa shape index (κ1) is 18.8. The van der Waals surface area contributed by atoms with Gasteiger partial charge in [0.1, 0.15) is 11.5 Å². The van der Waals surface area contributed by atoms with Gasteiger partial charge >= 0.3 is 0 Å². The molecule has 0 bridgehead atoms. The summed E-state index contributed by atoms with van der Waals surface area (Å²) in [5.41, 5.74) is 0.916. The molecule has 3 aromatic carbocycles. The minimum atomic E-state index is -0.335. The molecule has 6 nitrogen and oxygen atoms in total. The van der Waals surface area contributed by atoms with Gasteiger partial charge < -0.3 is 20.1 Å². The lowest BCUT2D eigenvalue weighted by Crippen LogP contribution is -2.30. The number of anilines is 1. The van der Waals surface area contributed by atoms with Crippen LogP contribution in [0, 0.1) is 0 Å². The van der Waals surface area contributed by atoms with Gasteiger partial charge in [-0.05, 0) is 47.9 Å². The first-order valence-electron chi connectivity index (χ1n) is 9.53. The number of benzene rings is 3. The fourth-order valence-electron chi connectivity index (χ4n) is 3.09. The second-order valence-electron chi connectivity index (χ2n) is 6.98. The molecule has 0 saturated heterocycles.